The highest BCUT2D eigenvalue weighted by atomic mass is 19.4. The molecule has 0 spiro atoms. The molecule has 1 aromatic rings. The molecule has 0 aliphatic carbocycles. The van der Waals surface area contributed by atoms with Crippen LogP contribution in [0.1, 0.15) is 10.4 Å². The van der Waals surface area contributed by atoms with Crippen LogP contribution in [0.3, 0.4) is 0 Å². The second-order valence-electron chi connectivity index (χ2n) is 4.46. The van der Waals surface area contributed by atoms with Gasteiger partial charge in [-0.05, 0) is 24.3 Å². The third kappa shape index (κ3) is 3.95. The summed E-state index contributed by atoms with van der Waals surface area (Å²) >= 11 is 0. The Morgan fingerprint density at radius 2 is 1.28 bits per heavy atom. The smallest absolute Gasteiger partial charge is 0.428 e. The molecule has 0 radical (unpaired) electrons. The van der Waals surface area contributed by atoms with Gasteiger partial charge >= 0.3 is 30.6 Å². The first kappa shape index (κ1) is 21.0. The normalized spacial score (nSPS) is 13.9. The number of ketones is 1. The van der Waals surface area contributed by atoms with Crippen LogP contribution in [-0.2, 0) is 0 Å². The Labute approximate surface area is 131 Å². The zero-order chi connectivity index (χ0) is 19.8. The molecule has 0 bridgehead atoms. The van der Waals surface area contributed by atoms with Crippen LogP contribution in [0, 0.1) is 0 Å². The molecule has 1 aromatic carbocycles. The molecule has 0 atom stereocenters. The number of carbonyl (C=O) groups excluding carboxylic acids is 1. The van der Waals surface area contributed by atoms with Crippen molar-refractivity contribution in [3.63, 3.8) is 0 Å². The van der Waals surface area contributed by atoms with E-state index in [4.69, 9.17) is 0 Å². The van der Waals surface area contributed by atoms with Crippen LogP contribution in [0.4, 0.5) is 48.3 Å². The van der Waals surface area contributed by atoms with Crippen molar-refractivity contribution in [2.75, 3.05) is 0 Å². The molecule has 0 amide bonds. The predicted molar refractivity (Wildman–Crippen MR) is 58.3 cm³/mol. The highest BCUT2D eigenvalue weighted by Crippen LogP contribution is 2.47. The van der Waals surface area contributed by atoms with Crippen molar-refractivity contribution in [2.45, 2.75) is 30.6 Å². The highest BCUT2D eigenvalue weighted by molar-refractivity contribution is 6.02. The van der Waals surface area contributed by atoms with Crippen molar-refractivity contribution in [3.8, 4) is 5.75 Å². The molecule has 0 aliphatic rings. The third-order valence-corrected chi connectivity index (χ3v) is 2.66. The summed E-state index contributed by atoms with van der Waals surface area (Å²) in [6.45, 7) is 0. The van der Waals surface area contributed by atoms with Gasteiger partial charge < -0.3 is 4.74 Å². The van der Waals surface area contributed by atoms with Gasteiger partial charge in [0.2, 0.25) is 5.78 Å². The molecule has 0 unspecified atom stereocenters. The maximum Gasteiger partial charge on any atom is 0.461 e. The van der Waals surface area contributed by atoms with Crippen LogP contribution < -0.4 is 4.74 Å². The number of rotatable bonds is 6. The molecular formula is C12H5F11O2. The van der Waals surface area contributed by atoms with Crippen LogP contribution in [0.5, 0.6) is 5.75 Å². The molecular weight excluding hydrogens is 385 g/mol. The zero-order valence-corrected chi connectivity index (χ0v) is 11.4. The van der Waals surface area contributed by atoms with E-state index in [-0.39, 0.29) is 24.3 Å². The van der Waals surface area contributed by atoms with E-state index in [1.165, 1.54) is 0 Å². The van der Waals surface area contributed by atoms with Gasteiger partial charge in [-0.1, -0.05) is 0 Å². The van der Waals surface area contributed by atoms with Gasteiger partial charge in [0.05, 0.1) is 0 Å². The molecule has 0 aliphatic heterocycles. The fourth-order valence-corrected chi connectivity index (χ4v) is 1.38. The predicted octanol–water partition coefficient (Wildman–Crippen LogP) is 4.94. The average Bonchev–Trinajstić information content (AvgIpc) is 2.45. The van der Waals surface area contributed by atoms with E-state index in [2.05, 4.69) is 4.74 Å². The Hall–Kier alpha value is -2.08. The van der Waals surface area contributed by atoms with Gasteiger partial charge in [-0.15, -0.1) is 0 Å². The molecule has 2 nitrogen and oxygen atoms in total. The minimum absolute atomic E-state index is 0.138. The molecule has 0 N–H and O–H groups in total. The first-order chi connectivity index (χ1) is 11.0. The van der Waals surface area contributed by atoms with E-state index in [9.17, 15) is 53.1 Å². The summed E-state index contributed by atoms with van der Waals surface area (Å²) < 4.78 is 140. The van der Waals surface area contributed by atoms with Gasteiger partial charge in [-0.3, -0.25) is 4.79 Å². The summed E-state index contributed by atoms with van der Waals surface area (Å²) in [5.74, 6) is -16.9. The van der Waals surface area contributed by atoms with Crippen molar-refractivity contribution in [1.82, 2.24) is 0 Å². The molecule has 142 valence electrons. The topological polar surface area (TPSA) is 26.3 Å². The second-order valence-corrected chi connectivity index (χ2v) is 4.46. The highest BCUT2D eigenvalue weighted by Gasteiger charge is 2.76. The first-order valence-electron chi connectivity index (χ1n) is 5.86. The van der Waals surface area contributed by atoms with Gasteiger partial charge in [0.1, 0.15) is 5.75 Å². The number of carbonyl (C=O) groups is 1. The third-order valence-electron chi connectivity index (χ3n) is 2.66. The Kier molecular flexibility index (Phi) is 5.31. The van der Waals surface area contributed by atoms with Crippen molar-refractivity contribution < 1.29 is 57.8 Å². The average molecular weight is 390 g/mol. The summed E-state index contributed by atoms with van der Waals surface area (Å²) in [6, 6.07) is 0.760. The van der Waals surface area contributed by atoms with Gasteiger partial charge in [-0.2, -0.15) is 48.3 Å². The number of benzene rings is 1. The molecule has 25 heavy (non-hydrogen) atoms. The van der Waals surface area contributed by atoms with E-state index in [1.54, 1.807) is 0 Å². The van der Waals surface area contributed by atoms with E-state index >= 15 is 0 Å². The lowest BCUT2D eigenvalue weighted by atomic mass is 10.00. The minimum Gasteiger partial charge on any atom is -0.428 e. The summed E-state index contributed by atoms with van der Waals surface area (Å²) in [6.07, 6.45) is -16.0. The molecule has 0 fully saturated rings. The van der Waals surface area contributed by atoms with Crippen LogP contribution in [-0.4, -0.2) is 36.3 Å². The molecule has 0 saturated carbocycles. The maximum absolute atomic E-state index is 13.2. The zero-order valence-electron chi connectivity index (χ0n) is 11.4. The van der Waals surface area contributed by atoms with Gasteiger partial charge in [0.25, 0.3) is 0 Å². The Balaban J connectivity index is 3.09. The summed E-state index contributed by atoms with van der Waals surface area (Å²) in [7, 11) is 0. The van der Waals surface area contributed by atoms with Gasteiger partial charge in [0, 0.05) is 5.56 Å². The summed E-state index contributed by atoms with van der Waals surface area (Å²) in [5, 5.41) is 0. The lowest BCUT2D eigenvalue weighted by molar-refractivity contribution is -0.339. The Morgan fingerprint density at radius 1 is 0.840 bits per heavy atom. The number of Topliss-reactive ketones (excluding diaryl/α,β-unsaturated/α-hetero) is 1. The van der Waals surface area contributed by atoms with E-state index < -0.39 is 47.7 Å². The van der Waals surface area contributed by atoms with E-state index in [1.807, 2.05) is 0 Å². The Morgan fingerprint density at radius 3 is 1.64 bits per heavy atom. The van der Waals surface area contributed by atoms with Crippen LogP contribution >= 0.6 is 0 Å². The van der Waals surface area contributed by atoms with Crippen molar-refractivity contribution >= 4 is 5.78 Å². The lowest BCUT2D eigenvalue weighted by Crippen LogP contribution is -2.56. The largest absolute Gasteiger partial charge is 0.461 e. The summed E-state index contributed by atoms with van der Waals surface area (Å²) in [4.78, 5) is 11.2. The molecule has 0 aromatic heterocycles. The molecule has 0 heterocycles. The van der Waals surface area contributed by atoms with E-state index in [0.717, 1.165) is 0 Å². The molecule has 0 saturated heterocycles. The number of hydrogen-bond acceptors (Lipinski definition) is 2. The van der Waals surface area contributed by atoms with Gasteiger partial charge in [-0.25, -0.2) is 0 Å². The lowest BCUT2D eigenvalue weighted by Gasteiger charge is -2.27. The number of hydrogen-bond donors (Lipinski definition) is 0. The Bertz CT molecular complexity index is 619. The number of alkyl halides is 11. The monoisotopic (exact) mass is 390 g/mol. The maximum atomic E-state index is 13.2. The van der Waals surface area contributed by atoms with Crippen LogP contribution in [0.2, 0.25) is 0 Å². The number of ether oxygens (including phenoxy) is 1. The van der Waals surface area contributed by atoms with Crippen molar-refractivity contribution in [3.05, 3.63) is 29.8 Å². The van der Waals surface area contributed by atoms with E-state index in [0.29, 0.717) is 0 Å². The van der Waals surface area contributed by atoms with Crippen molar-refractivity contribution in [1.29, 1.82) is 0 Å². The van der Waals surface area contributed by atoms with Crippen LogP contribution in [0.25, 0.3) is 0 Å². The fraction of sp³-hybridized carbons (Fsp3) is 0.417. The van der Waals surface area contributed by atoms with Crippen LogP contribution in [0.15, 0.2) is 24.3 Å². The first-order valence-corrected chi connectivity index (χ1v) is 5.86. The van der Waals surface area contributed by atoms with Gasteiger partial charge in [0.15, 0.2) is 0 Å². The molecule has 1 rings (SSSR count). The second kappa shape index (κ2) is 6.33. The molecule has 13 heteroatoms. The quantitative estimate of drug-likeness (QED) is 0.508. The SMILES string of the molecule is O=C(c1ccc(OC(F)(F)C(F)F)cc1)C(F)(F)C(F)(F)C(F)(F)F. The number of halogens is 11. The fourth-order valence-electron chi connectivity index (χ4n) is 1.38. The summed E-state index contributed by atoms with van der Waals surface area (Å²) in [5.41, 5.74) is -1.42. The van der Waals surface area contributed by atoms with Crippen molar-refractivity contribution in [2.24, 2.45) is 0 Å². The standard InChI is InChI=1S/C12H5F11O2/c13-8(14)10(17,18)25-6-3-1-5(2-4-6)7(24)9(15,16)11(19,20)12(21,22)23/h1-4,8H. The minimum atomic E-state index is -6.74.